The van der Waals surface area contributed by atoms with E-state index in [9.17, 15) is 4.79 Å². The Bertz CT molecular complexity index is 731. The minimum Gasteiger partial charge on any atom is -0.356 e. The molecule has 1 aliphatic heterocycles. The number of hydrogen-bond acceptors (Lipinski definition) is 5. The van der Waals surface area contributed by atoms with Gasteiger partial charge in [0.05, 0.1) is 5.92 Å². The summed E-state index contributed by atoms with van der Waals surface area (Å²) in [5, 5.41) is 4.70. The third-order valence-corrected chi connectivity index (χ3v) is 5.55. The van der Waals surface area contributed by atoms with Gasteiger partial charge < -0.3 is 10.2 Å². The molecule has 1 saturated heterocycles. The van der Waals surface area contributed by atoms with Gasteiger partial charge in [-0.05, 0) is 36.5 Å². The number of rotatable bonds is 6. The van der Waals surface area contributed by atoms with Crippen LogP contribution in [-0.4, -0.2) is 34.9 Å². The average molecular weight is 393 g/mol. The quantitative estimate of drug-likeness (QED) is 0.812. The second-order valence-electron chi connectivity index (χ2n) is 7.22. The predicted molar refractivity (Wildman–Crippen MR) is 107 cm³/mol. The van der Waals surface area contributed by atoms with E-state index >= 15 is 0 Å². The number of benzene rings is 1. The number of nitrogens with one attached hydrogen (secondary N) is 1. The first kappa shape index (κ1) is 19.1. The molecule has 1 atom stereocenters. The van der Waals surface area contributed by atoms with E-state index in [0.717, 1.165) is 54.0 Å². The second-order valence-corrected chi connectivity index (χ2v) is 8.39. The summed E-state index contributed by atoms with van der Waals surface area (Å²) in [5.74, 6) is 1.48. The SMILES string of the molecule is CC(C)CNC(=O)C1CCCN(c2nc(Cc3ccc(Cl)cc3)ns2)C1. The highest BCUT2D eigenvalue weighted by Crippen LogP contribution is 2.25. The normalized spacial score (nSPS) is 17.5. The summed E-state index contributed by atoms with van der Waals surface area (Å²) in [6.45, 7) is 6.61. The van der Waals surface area contributed by atoms with Crippen molar-refractivity contribution in [3.05, 3.63) is 40.7 Å². The highest BCUT2D eigenvalue weighted by Gasteiger charge is 2.27. The zero-order chi connectivity index (χ0) is 18.5. The number of anilines is 1. The van der Waals surface area contributed by atoms with Crippen LogP contribution < -0.4 is 10.2 Å². The summed E-state index contributed by atoms with van der Waals surface area (Å²) < 4.78 is 4.49. The minimum absolute atomic E-state index is 0.0334. The van der Waals surface area contributed by atoms with E-state index < -0.39 is 0 Å². The second kappa shape index (κ2) is 8.82. The summed E-state index contributed by atoms with van der Waals surface area (Å²) >= 11 is 7.35. The molecule has 1 aliphatic rings. The number of carbonyl (C=O) groups is 1. The van der Waals surface area contributed by atoms with Gasteiger partial charge in [-0.1, -0.05) is 37.6 Å². The summed E-state index contributed by atoms with van der Waals surface area (Å²) in [6.07, 6.45) is 2.64. The molecular weight excluding hydrogens is 368 g/mol. The van der Waals surface area contributed by atoms with E-state index in [-0.39, 0.29) is 11.8 Å². The number of nitrogens with zero attached hydrogens (tertiary/aromatic N) is 3. The molecule has 1 aromatic heterocycles. The molecule has 5 nitrogen and oxygen atoms in total. The maximum Gasteiger partial charge on any atom is 0.224 e. The lowest BCUT2D eigenvalue weighted by molar-refractivity contribution is -0.125. The minimum atomic E-state index is 0.0334. The number of halogens is 1. The first-order valence-electron chi connectivity index (χ1n) is 9.11. The van der Waals surface area contributed by atoms with E-state index in [2.05, 4.69) is 33.4 Å². The third-order valence-electron chi connectivity index (χ3n) is 4.48. The Kier molecular flexibility index (Phi) is 6.48. The van der Waals surface area contributed by atoms with Crippen molar-refractivity contribution in [1.29, 1.82) is 0 Å². The Morgan fingerprint density at radius 1 is 1.38 bits per heavy atom. The van der Waals surface area contributed by atoms with E-state index in [1.807, 2.05) is 24.3 Å². The molecule has 2 heterocycles. The van der Waals surface area contributed by atoms with Gasteiger partial charge in [0, 0.05) is 42.6 Å². The van der Waals surface area contributed by atoms with Crippen molar-refractivity contribution in [1.82, 2.24) is 14.7 Å². The van der Waals surface area contributed by atoms with Gasteiger partial charge in [0.25, 0.3) is 0 Å². The third kappa shape index (κ3) is 5.17. The fourth-order valence-corrected chi connectivity index (χ4v) is 3.89. The van der Waals surface area contributed by atoms with E-state index in [4.69, 9.17) is 11.6 Å². The fourth-order valence-electron chi connectivity index (χ4n) is 3.04. The van der Waals surface area contributed by atoms with E-state index in [1.165, 1.54) is 11.5 Å². The molecule has 2 aromatic rings. The smallest absolute Gasteiger partial charge is 0.224 e. The maximum absolute atomic E-state index is 12.4. The van der Waals surface area contributed by atoms with Crippen LogP contribution in [0.25, 0.3) is 0 Å². The highest BCUT2D eigenvalue weighted by atomic mass is 35.5. The van der Waals surface area contributed by atoms with E-state index in [1.54, 1.807) is 0 Å². The van der Waals surface area contributed by atoms with Crippen molar-refractivity contribution in [2.45, 2.75) is 33.1 Å². The van der Waals surface area contributed by atoms with Gasteiger partial charge in [-0.2, -0.15) is 4.37 Å². The molecule has 7 heteroatoms. The van der Waals surface area contributed by atoms with Gasteiger partial charge in [-0.3, -0.25) is 4.79 Å². The molecule has 140 valence electrons. The molecular formula is C19H25ClN4OS. The Morgan fingerprint density at radius 2 is 2.15 bits per heavy atom. The Balaban J connectivity index is 1.59. The zero-order valence-corrected chi connectivity index (χ0v) is 16.8. The van der Waals surface area contributed by atoms with Crippen molar-refractivity contribution in [2.24, 2.45) is 11.8 Å². The van der Waals surface area contributed by atoms with Crippen LogP contribution in [-0.2, 0) is 11.2 Å². The Hall–Kier alpha value is -1.66. The summed E-state index contributed by atoms with van der Waals surface area (Å²) in [6, 6.07) is 7.77. The van der Waals surface area contributed by atoms with Crippen molar-refractivity contribution in [3.8, 4) is 0 Å². The van der Waals surface area contributed by atoms with Crippen LogP contribution in [0.3, 0.4) is 0 Å². The summed E-state index contributed by atoms with van der Waals surface area (Å²) in [4.78, 5) is 19.3. The molecule has 3 rings (SSSR count). The standard InChI is InChI=1S/C19H25ClN4OS/c1-13(2)11-21-18(25)15-4-3-9-24(12-15)19-22-17(23-26-19)10-14-5-7-16(20)8-6-14/h5-8,13,15H,3-4,9-12H2,1-2H3,(H,21,25). The molecule has 0 bridgehead atoms. The monoisotopic (exact) mass is 392 g/mol. The molecule has 1 amide bonds. The number of carbonyl (C=O) groups excluding carboxylic acids is 1. The number of hydrogen-bond donors (Lipinski definition) is 1. The van der Waals surface area contributed by atoms with E-state index in [0.29, 0.717) is 12.3 Å². The molecule has 1 unspecified atom stereocenters. The van der Waals surface area contributed by atoms with Crippen LogP contribution in [0.1, 0.15) is 38.1 Å². The van der Waals surface area contributed by atoms with Crippen molar-refractivity contribution in [2.75, 3.05) is 24.5 Å². The number of amides is 1. The Morgan fingerprint density at radius 3 is 2.88 bits per heavy atom. The predicted octanol–water partition coefficient (Wildman–Crippen LogP) is 3.77. The molecule has 1 aromatic carbocycles. The van der Waals surface area contributed by atoms with Crippen LogP contribution in [0.15, 0.2) is 24.3 Å². The molecule has 26 heavy (non-hydrogen) atoms. The van der Waals surface area contributed by atoms with Gasteiger partial charge in [0.2, 0.25) is 11.0 Å². The lowest BCUT2D eigenvalue weighted by Crippen LogP contribution is -2.43. The number of aromatic nitrogens is 2. The zero-order valence-electron chi connectivity index (χ0n) is 15.2. The van der Waals surface area contributed by atoms with Crippen LogP contribution in [0.5, 0.6) is 0 Å². The largest absolute Gasteiger partial charge is 0.356 e. The highest BCUT2D eigenvalue weighted by molar-refractivity contribution is 7.09. The van der Waals surface area contributed by atoms with Crippen molar-refractivity contribution >= 4 is 34.2 Å². The first-order valence-corrected chi connectivity index (χ1v) is 10.3. The first-order chi connectivity index (χ1) is 12.5. The molecule has 0 saturated carbocycles. The van der Waals surface area contributed by atoms with Gasteiger partial charge in [0.15, 0.2) is 0 Å². The fraction of sp³-hybridized carbons (Fsp3) is 0.526. The molecule has 1 fully saturated rings. The van der Waals surface area contributed by atoms with Crippen LogP contribution >= 0.6 is 23.1 Å². The topological polar surface area (TPSA) is 58.1 Å². The van der Waals surface area contributed by atoms with Gasteiger partial charge in [-0.15, -0.1) is 0 Å². The van der Waals surface area contributed by atoms with Crippen molar-refractivity contribution in [3.63, 3.8) is 0 Å². The Labute approximate surface area is 163 Å². The van der Waals surface area contributed by atoms with Crippen LogP contribution in [0, 0.1) is 11.8 Å². The van der Waals surface area contributed by atoms with Crippen LogP contribution in [0.2, 0.25) is 5.02 Å². The lowest BCUT2D eigenvalue weighted by atomic mass is 9.97. The van der Waals surface area contributed by atoms with Gasteiger partial charge >= 0.3 is 0 Å². The summed E-state index contributed by atoms with van der Waals surface area (Å²) in [5.41, 5.74) is 1.14. The van der Waals surface area contributed by atoms with Crippen LogP contribution in [0.4, 0.5) is 5.13 Å². The lowest BCUT2D eigenvalue weighted by Gasteiger charge is -2.31. The summed E-state index contributed by atoms with van der Waals surface area (Å²) in [7, 11) is 0. The van der Waals surface area contributed by atoms with Gasteiger partial charge in [0.1, 0.15) is 5.82 Å². The molecule has 0 aliphatic carbocycles. The molecule has 0 radical (unpaired) electrons. The maximum atomic E-state index is 12.4. The van der Waals surface area contributed by atoms with Crippen molar-refractivity contribution < 1.29 is 4.79 Å². The average Bonchev–Trinajstić information content (AvgIpc) is 3.10. The number of piperidine rings is 1. The van der Waals surface area contributed by atoms with Gasteiger partial charge in [-0.25, -0.2) is 4.98 Å². The molecule has 1 N–H and O–H groups in total. The molecule has 0 spiro atoms.